The molecule has 0 saturated carbocycles. The van der Waals surface area contributed by atoms with Crippen molar-refractivity contribution in [2.24, 2.45) is 0 Å². The van der Waals surface area contributed by atoms with Gasteiger partial charge in [0.15, 0.2) is 0 Å². The van der Waals surface area contributed by atoms with E-state index in [2.05, 4.69) is 68.9 Å². The monoisotopic (exact) mass is 254 g/mol. The highest BCUT2D eigenvalue weighted by atomic mass is 14.8. The first-order valence-electron chi connectivity index (χ1n) is 6.81. The topological polar surface area (TPSA) is 25.8 Å². The standard InChI is InChI=1S/C17H22N2/c1-12(2)13-6-8-15(18-10-13)16-9-7-14(11-19-16)17(3,4)5/h6-12H,1-5H3. The molecule has 0 spiro atoms. The molecule has 100 valence electrons. The molecule has 0 radical (unpaired) electrons. The van der Waals surface area contributed by atoms with E-state index in [1.165, 1.54) is 11.1 Å². The van der Waals surface area contributed by atoms with Crippen LogP contribution in [0.25, 0.3) is 11.4 Å². The molecule has 19 heavy (non-hydrogen) atoms. The average molecular weight is 254 g/mol. The van der Waals surface area contributed by atoms with E-state index in [0.717, 1.165) is 11.4 Å². The lowest BCUT2D eigenvalue weighted by atomic mass is 9.88. The molecule has 0 aliphatic rings. The van der Waals surface area contributed by atoms with E-state index in [1.807, 2.05) is 12.4 Å². The smallest absolute Gasteiger partial charge is 0.0886 e. The van der Waals surface area contributed by atoms with Crippen LogP contribution < -0.4 is 0 Å². The van der Waals surface area contributed by atoms with E-state index in [4.69, 9.17) is 0 Å². The van der Waals surface area contributed by atoms with Crippen LogP contribution in [0, 0.1) is 0 Å². The predicted octanol–water partition coefficient (Wildman–Crippen LogP) is 4.56. The molecule has 0 aromatic carbocycles. The predicted molar refractivity (Wildman–Crippen MR) is 80.3 cm³/mol. The summed E-state index contributed by atoms with van der Waals surface area (Å²) < 4.78 is 0. The number of aromatic nitrogens is 2. The number of hydrogen-bond acceptors (Lipinski definition) is 2. The van der Waals surface area contributed by atoms with Crippen molar-refractivity contribution in [1.29, 1.82) is 0 Å². The zero-order valence-electron chi connectivity index (χ0n) is 12.4. The highest BCUT2D eigenvalue weighted by Crippen LogP contribution is 2.24. The summed E-state index contributed by atoms with van der Waals surface area (Å²) in [6.07, 6.45) is 3.90. The van der Waals surface area contributed by atoms with Crippen LogP contribution in [0.2, 0.25) is 0 Å². The maximum Gasteiger partial charge on any atom is 0.0886 e. The minimum atomic E-state index is 0.139. The van der Waals surface area contributed by atoms with Gasteiger partial charge in [0.2, 0.25) is 0 Å². The summed E-state index contributed by atoms with van der Waals surface area (Å²) in [5, 5.41) is 0. The van der Waals surface area contributed by atoms with Crippen LogP contribution in [0.3, 0.4) is 0 Å². The summed E-state index contributed by atoms with van der Waals surface area (Å²) in [6.45, 7) is 10.9. The second-order valence-electron chi connectivity index (χ2n) is 6.31. The Morgan fingerprint density at radius 2 is 1.42 bits per heavy atom. The maximum atomic E-state index is 4.53. The molecule has 2 rings (SSSR count). The van der Waals surface area contributed by atoms with E-state index in [1.54, 1.807) is 0 Å². The van der Waals surface area contributed by atoms with Crippen LogP contribution >= 0.6 is 0 Å². The van der Waals surface area contributed by atoms with Crippen molar-refractivity contribution in [2.75, 3.05) is 0 Å². The van der Waals surface area contributed by atoms with Crippen LogP contribution in [-0.2, 0) is 5.41 Å². The molecular formula is C17H22N2. The molecule has 2 aromatic rings. The molecule has 0 saturated heterocycles. The number of nitrogens with zero attached hydrogens (tertiary/aromatic N) is 2. The van der Waals surface area contributed by atoms with Crippen LogP contribution in [0.5, 0.6) is 0 Å². The molecule has 0 fully saturated rings. The van der Waals surface area contributed by atoms with Gasteiger partial charge in [-0.2, -0.15) is 0 Å². The third-order valence-electron chi connectivity index (χ3n) is 3.34. The van der Waals surface area contributed by atoms with Crippen LogP contribution in [0.4, 0.5) is 0 Å². The van der Waals surface area contributed by atoms with Gasteiger partial charge in [0, 0.05) is 12.4 Å². The Morgan fingerprint density at radius 3 is 1.79 bits per heavy atom. The fraction of sp³-hybridized carbons (Fsp3) is 0.412. The highest BCUT2D eigenvalue weighted by Gasteiger charge is 2.14. The summed E-state index contributed by atoms with van der Waals surface area (Å²) in [4.78, 5) is 9.03. The summed E-state index contributed by atoms with van der Waals surface area (Å²) >= 11 is 0. The fourth-order valence-corrected chi connectivity index (χ4v) is 1.89. The zero-order valence-corrected chi connectivity index (χ0v) is 12.4. The van der Waals surface area contributed by atoms with Gasteiger partial charge in [-0.3, -0.25) is 9.97 Å². The summed E-state index contributed by atoms with van der Waals surface area (Å²) in [6, 6.07) is 8.37. The Hall–Kier alpha value is -1.70. The van der Waals surface area contributed by atoms with Crippen LogP contribution in [0.1, 0.15) is 51.7 Å². The van der Waals surface area contributed by atoms with Gasteiger partial charge in [-0.15, -0.1) is 0 Å². The second-order valence-corrected chi connectivity index (χ2v) is 6.31. The van der Waals surface area contributed by atoms with Crippen molar-refractivity contribution in [3.63, 3.8) is 0 Å². The number of pyridine rings is 2. The van der Waals surface area contributed by atoms with Gasteiger partial charge in [0.05, 0.1) is 11.4 Å². The first kappa shape index (κ1) is 13.7. The first-order valence-corrected chi connectivity index (χ1v) is 6.81. The Bertz CT molecular complexity index is 531. The van der Waals surface area contributed by atoms with Gasteiger partial charge in [-0.25, -0.2) is 0 Å². The molecule has 0 atom stereocenters. The quantitative estimate of drug-likeness (QED) is 0.785. The van der Waals surface area contributed by atoms with Crippen LogP contribution in [0.15, 0.2) is 36.7 Å². The van der Waals surface area contributed by atoms with Crippen LogP contribution in [-0.4, -0.2) is 9.97 Å². The lowest BCUT2D eigenvalue weighted by Gasteiger charge is -2.18. The van der Waals surface area contributed by atoms with E-state index >= 15 is 0 Å². The summed E-state index contributed by atoms with van der Waals surface area (Å²) in [7, 11) is 0. The molecule has 0 amide bonds. The van der Waals surface area contributed by atoms with E-state index in [-0.39, 0.29) is 5.41 Å². The third kappa shape index (κ3) is 3.19. The van der Waals surface area contributed by atoms with E-state index < -0.39 is 0 Å². The van der Waals surface area contributed by atoms with Gasteiger partial charge in [-0.1, -0.05) is 46.8 Å². The van der Waals surface area contributed by atoms with E-state index in [0.29, 0.717) is 5.92 Å². The molecule has 0 N–H and O–H groups in total. The molecule has 0 aliphatic heterocycles. The number of rotatable bonds is 2. The molecule has 2 nitrogen and oxygen atoms in total. The lowest BCUT2D eigenvalue weighted by Crippen LogP contribution is -2.11. The maximum absolute atomic E-state index is 4.53. The van der Waals surface area contributed by atoms with Crippen molar-refractivity contribution in [2.45, 2.75) is 46.0 Å². The largest absolute Gasteiger partial charge is 0.254 e. The van der Waals surface area contributed by atoms with Gasteiger partial charge in [0.25, 0.3) is 0 Å². The Labute approximate surface area is 115 Å². The Kier molecular flexibility index (Phi) is 3.70. The Morgan fingerprint density at radius 1 is 0.842 bits per heavy atom. The van der Waals surface area contributed by atoms with Crippen molar-refractivity contribution in [3.8, 4) is 11.4 Å². The minimum absolute atomic E-state index is 0.139. The van der Waals surface area contributed by atoms with E-state index in [9.17, 15) is 0 Å². The summed E-state index contributed by atoms with van der Waals surface area (Å²) in [5.74, 6) is 0.512. The molecule has 2 heterocycles. The first-order chi connectivity index (χ1) is 8.88. The van der Waals surface area contributed by atoms with Crippen molar-refractivity contribution in [1.82, 2.24) is 9.97 Å². The van der Waals surface area contributed by atoms with Gasteiger partial charge in [-0.05, 0) is 34.6 Å². The third-order valence-corrected chi connectivity index (χ3v) is 3.34. The molecular weight excluding hydrogens is 232 g/mol. The second kappa shape index (κ2) is 5.12. The van der Waals surface area contributed by atoms with Gasteiger partial charge < -0.3 is 0 Å². The molecule has 0 aliphatic carbocycles. The molecule has 2 heteroatoms. The van der Waals surface area contributed by atoms with Crippen molar-refractivity contribution < 1.29 is 0 Å². The average Bonchev–Trinajstić information content (AvgIpc) is 2.38. The minimum Gasteiger partial charge on any atom is -0.254 e. The Balaban J connectivity index is 2.27. The molecule has 0 bridgehead atoms. The molecule has 0 unspecified atom stereocenters. The van der Waals surface area contributed by atoms with Gasteiger partial charge >= 0.3 is 0 Å². The zero-order chi connectivity index (χ0) is 14.0. The van der Waals surface area contributed by atoms with Crippen molar-refractivity contribution >= 4 is 0 Å². The normalized spacial score (nSPS) is 11.9. The number of hydrogen-bond donors (Lipinski definition) is 0. The lowest BCUT2D eigenvalue weighted by molar-refractivity contribution is 0.587. The highest BCUT2D eigenvalue weighted by molar-refractivity contribution is 5.54. The SMILES string of the molecule is CC(C)c1ccc(-c2ccc(C(C)(C)C)cn2)nc1. The van der Waals surface area contributed by atoms with Gasteiger partial charge in [0.1, 0.15) is 0 Å². The fourth-order valence-electron chi connectivity index (χ4n) is 1.89. The summed E-state index contributed by atoms with van der Waals surface area (Å²) in [5.41, 5.74) is 4.51. The van der Waals surface area contributed by atoms with Crippen molar-refractivity contribution in [3.05, 3.63) is 47.8 Å². The molecule has 2 aromatic heterocycles.